The van der Waals surface area contributed by atoms with Crippen molar-refractivity contribution in [2.45, 2.75) is 130 Å². The lowest BCUT2D eigenvalue weighted by Crippen LogP contribution is -2.43. The number of carbonyl (C=O) groups excluding carboxylic acids is 3. The highest BCUT2D eigenvalue weighted by Gasteiger charge is 2.25. The average molecular weight is 533 g/mol. The maximum Gasteiger partial charge on any atom is 0.331 e. The van der Waals surface area contributed by atoms with E-state index in [2.05, 4.69) is 12.2 Å². The minimum Gasteiger partial charge on any atom is -0.348 e. The zero-order valence-electron chi connectivity index (χ0n) is 23.2. The minimum absolute atomic E-state index is 0.144. The van der Waals surface area contributed by atoms with E-state index in [1.165, 1.54) is 83.5 Å². The monoisotopic (exact) mass is 532 g/mol. The van der Waals surface area contributed by atoms with Crippen LogP contribution in [0.5, 0.6) is 0 Å². The second-order valence-electron chi connectivity index (χ2n) is 9.36. The normalized spacial score (nSPS) is 11.4. The van der Waals surface area contributed by atoms with E-state index in [4.69, 9.17) is 9.05 Å². The molecule has 36 heavy (non-hydrogen) atoms. The van der Waals surface area contributed by atoms with Crippen LogP contribution in [0.2, 0.25) is 0 Å². The molecule has 0 aromatic rings. The van der Waals surface area contributed by atoms with Crippen molar-refractivity contribution in [3.63, 3.8) is 0 Å². The van der Waals surface area contributed by atoms with Crippen molar-refractivity contribution in [1.29, 1.82) is 0 Å². The smallest absolute Gasteiger partial charge is 0.331 e. The lowest BCUT2D eigenvalue weighted by molar-refractivity contribution is -0.142. The van der Waals surface area contributed by atoms with Gasteiger partial charge in [0.25, 0.3) is 0 Å². The molecule has 9 heteroatoms. The molecule has 0 unspecified atom stereocenters. The van der Waals surface area contributed by atoms with Crippen molar-refractivity contribution >= 4 is 25.3 Å². The van der Waals surface area contributed by atoms with Crippen molar-refractivity contribution < 1.29 is 28.0 Å². The third kappa shape index (κ3) is 20.9. The summed E-state index contributed by atoms with van der Waals surface area (Å²) in [5, 5.41) is 4.56. The first kappa shape index (κ1) is 34.8. The molecule has 0 fully saturated rings. The fourth-order valence-electron chi connectivity index (χ4n) is 4.00. The Bertz CT molecular complexity index is 619. The minimum atomic E-state index is -3.36. The highest BCUT2D eigenvalue weighted by atomic mass is 31.2. The third-order valence-electron chi connectivity index (χ3n) is 6.04. The summed E-state index contributed by atoms with van der Waals surface area (Å²) in [5.41, 5.74) is 0. The number of hydrogen-bond donors (Lipinski definition) is 2. The Morgan fingerprint density at radius 1 is 0.611 bits per heavy atom. The van der Waals surface area contributed by atoms with Crippen LogP contribution >= 0.6 is 7.60 Å². The van der Waals surface area contributed by atoms with Crippen LogP contribution in [0.25, 0.3) is 0 Å². The van der Waals surface area contributed by atoms with Crippen molar-refractivity contribution in [2.75, 3.05) is 25.9 Å². The van der Waals surface area contributed by atoms with E-state index in [9.17, 15) is 18.9 Å². The zero-order chi connectivity index (χ0) is 26.9. The van der Waals surface area contributed by atoms with E-state index in [1.54, 1.807) is 13.8 Å². The van der Waals surface area contributed by atoms with Crippen LogP contribution in [0.3, 0.4) is 0 Å². The molecule has 0 aliphatic heterocycles. The van der Waals surface area contributed by atoms with Crippen LogP contribution in [0.4, 0.5) is 0 Å². The van der Waals surface area contributed by atoms with E-state index in [0.717, 1.165) is 19.3 Å². The molecule has 0 saturated carbocycles. The predicted molar refractivity (Wildman–Crippen MR) is 146 cm³/mol. The molecular weight excluding hydrogens is 479 g/mol. The number of unbranched alkanes of at least 4 members (excludes halogenated alkanes) is 15. The summed E-state index contributed by atoms with van der Waals surface area (Å²) in [4.78, 5) is 35.6. The molecule has 0 bridgehead atoms. The van der Waals surface area contributed by atoms with E-state index < -0.39 is 25.3 Å². The van der Waals surface area contributed by atoms with Crippen LogP contribution in [0.1, 0.15) is 130 Å². The molecule has 0 heterocycles. The summed E-state index contributed by atoms with van der Waals surface area (Å²) in [7, 11) is -3.36. The van der Waals surface area contributed by atoms with Gasteiger partial charge in [-0.25, -0.2) is 0 Å². The second kappa shape index (κ2) is 24.1. The number of hydrogen-bond acceptors (Lipinski definition) is 6. The SMILES string of the molecule is CCCCCCCCCCCCCCCCCCNC(=O)C(=O)NC(=O)CCP(=O)(OCC)OCC. The fourth-order valence-corrected chi connectivity index (χ4v) is 5.60. The molecule has 0 aliphatic rings. The van der Waals surface area contributed by atoms with Gasteiger partial charge in [0.1, 0.15) is 0 Å². The molecular formula is C27H53N2O6P. The van der Waals surface area contributed by atoms with Crippen LogP contribution < -0.4 is 10.6 Å². The van der Waals surface area contributed by atoms with Gasteiger partial charge in [-0.05, 0) is 20.3 Å². The Morgan fingerprint density at radius 3 is 1.44 bits per heavy atom. The molecule has 0 atom stereocenters. The molecule has 0 spiro atoms. The van der Waals surface area contributed by atoms with Crippen LogP contribution in [0, 0.1) is 0 Å². The van der Waals surface area contributed by atoms with Crippen LogP contribution in [0.15, 0.2) is 0 Å². The Hall–Kier alpha value is -1.24. The quantitative estimate of drug-likeness (QED) is 0.0817. The standard InChI is InChI=1S/C27H53N2O6P/c1-4-7-8-9-10-11-12-13-14-15-16-17-18-19-20-21-23-28-26(31)27(32)29-25(30)22-24-36(33,34-5-2)35-6-3/h4-24H2,1-3H3,(H,28,31)(H,29,30,32). The summed E-state index contributed by atoms with van der Waals surface area (Å²) < 4.78 is 22.5. The molecule has 212 valence electrons. The molecule has 0 radical (unpaired) electrons. The van der Waals surface area contributed by atoms with Gasteiger partial charge in [0.15, 0.2) is 0 Å². The maximum atomic E-state index is 12.3. The van der Waals surface area contributed by atoms with Crippen LogP contribution in [-0.2, 0) is 28.0 Å². The summed E-state index contributed by atoms with van der Waals surface area (Å²) in [6.45, 7) is 6.41. The first-order valence-electron chi connectivity index (χ1n) is 14.4. The van der Waals surface area contributed by atoms with Crippen LogP contribution in [-0.4, -0.2) is 43.6 Å². The van der Waals surface area contributed by atoms with Gasteiger partial charge in [0.2, 0.25) is 5.91 Å². The van der Waals surface area contributed by atoms with E-state index in [1.807, 2.05) is 5.32 Å². The maximum absolute atomic E-state index is 12.3. The van der Waals surface area contributed by atoms with Gasteiger partial charge in [0, 0.05) is 13.0 Å². The third-order valence-corrected chi connectivity index (χ3v) is 8.11. The molecule has 0 aromatic carbocycles. The molecule has 0 saturated heterocycles. The number of imide groups is 1. The summed E-state index contributed by atoms with van der Waals surface area (Å²) in [5.74, 6) is -2.52. The molecule has 0 aliphatic carbocycles. The lowest BCUT2D eigenvalue weighted by atomic mass is 10.0. The van der Waals surface area contributed by atoms with Crippen molar-refractivity contribution in [2.24, 2.45) is 0 Å². The fraction of sp³-hybridized carbons (Fsp3) is 0.889. The molecule has 0 aromatic heterocycles. The van der Waals surface area contributed by atoms with Gasteiger partial charge in [-0.1, -0.05) is 103 Å². The zero-order valence-corrected chi connectivity index (χ0v) is 24.1. The molecule has 8 nitrogen and oxygen atoms in total. The van der Waals surface area contributed by atoms with Gasteiger partial charge in [-0.15, -0.1) is 0 Å². The largest absolute Gasteiger partial charge is 0.348 e. The van der Waals surface area contributed by atoms with Gasteiger partial charge >= 0.3 is 19.4 Å². The number of amides is 3. The van der Waals surface area contributed by atoms with Gasteiger partial charge in [0.05, 0.1) is 19.4 Å². The summed E-state index contributed by atoms with van der Waals surface area (Å²) in [6.07, 6.45) is 20.0. The second-order valence-corrected chi connectivity index (χ2v) is 11.5. The van der Waals surface area contributed by atoms with Gasteiger partial charge in [-0.3, -0.25) is 24.3 Å². The number of nitrogens with one attached hydrogen (secondary N) is 2. The number of rotatable bonds is 24. The topological polar surface area (TPSA) is 111 Å². The van der Waals surface area contributed by atoms with E-state index in [-0.39, 0.29) is 25.8 Å². The predicted octanol–water partition coefficient (Wildman–Crippen LogP) is 6.66. The molecule has 2 N–H and O–H groups in total. The highest BCUT2D eigenvalue weighted by molar-refractivity contribution is 7.53. The van der Waals surface area contributed by atoms with Gasteiger partial charge < -0.3 is 14.4 Å². The lowest BCUT2D eigenvalue weighted by Gasteiger charge is -2.16. The highest BCUT2D eigenvalue weighted by Crippen LogP contribution is 2.48. The van der Waals surface area contributed by atoms with Crippen molar-refractivity contribution in [1.82, 2.24) is 10.6 Å². The Morgan fingerprint density at radius 2 is 1.03 bits per heavy atom. The van der Waals surface area contributed by atoms with Gasteiger partial charge in [-0.2, -0.15) is 0 Å². The van der Waals surface area contributed by atoms with E-state index >= 15 is 0 Å². The molecule has 3 amide bonds. The summed E-state index contributed by atoms with van der Waals surface area (Å²) in [6, 6.07) is 0. The first-order valence-corrected chi connectivity index (χ1v) is 16.1. The Labute approximate surface area is 220 Å². The Kier molecular flexibility index (Phi) is 23.3. The Balaban J connectivity index is 3.62. The van der Waals surface area contributed by atoms with Crippen molar-refractivity contribution in [3.05, 3.63) is 0 Å². The summed E-state index contributed by atoms with van der Waals surface area (Å²) >= 11 is 0. The average Bonchev–Trinajstić information content (AvgIpc) is 2.85. The number of carbonyl (C=O) groups is 3. The first-order chi connectivity index (χ1) is 17.4. The van der Waals surface area contributed by atoms with Crippen molar-refractivity contribution in [3.8, 4) is 0 Å². The molecule has 0 rings (SSSR count). The van der Waals surface area contributed by atoms with E-state index in [0.29, 0.717) is 6.54 Å².